The summed E-state index contributed by atoms with van der Waals surface area (Å²) in [6, 6.07) is 0.222. The SMILES string of the molecule is COCCNCC(=O)NC(C)CN1CCCCC1.Cl.Cl. The molecule has 0 aliphatic carbocycles. The van der Waals surface area contributed by atoms with Gasteiger partial charge in [-0.05, 0) is 32.9 Å². The molecule has 2 N–H and O–H groups in total. The number of halogens is 2. The number of hydrogen-bond acceptors (Lipinski definition) is 4. The van der Waals surface area contributed by atoms with E-state index in [1.807, 2.05) is 0 Å². The number of piperidine rings is 1. The van der Waals surface area contributed by atoms with Crippen LogP contribution in [0.2, 0.25) is 0 Å². The van der Waals surface area contributed by atoms with Gasteiger partial charge in [-0.3, -0.25) is 4.79 Å². The topological polar surface area (TPSA) is 53.6 Å². The van der Waals surface area contributed by atoms with Crippen LogP contribution in [0.3, 0.4) is 0 Å². The number of likely N-dealkylation sites (tertiary alicyclic amines) is 1. The molecule has 1 unspecified atom stereocenters. The van der Waals surface area contributed by atoms with E-state index in [1.165, 1.54) is 32.4 Å². The van der Waals surface area contributed by atoms with Crippen LogP contribution in [0.4, 0.5) is 0 Å². The largest absolute Gasteiger partial charge is 0.383 e. The normalized spacial score (nSPS) is 16.7. The Kier molecular flexibility index (Phi) is 15.4. The van der Waals surface area contributed by atoms with Crippen molar-refractivity contribution in [3.63, 3.8) is 0 Å². The Balaban J connectivity index is 0. The Bertz CT molecular complexity index is 240. The number of rotatable bonds is 8. The molecule has 0 aromatic heterocycles. The van der Waals surface area contributed by atoms with Gasteiger partial charge in [-0.2, -0.15) is 0 Å². The summed E-state index contributed by atoms with van der Waals surface area (Å²) in [7, 11) is 1.66. The number of methoxy groups -OCH3 is 1. The molecule has 1 fully saturated rings. The van der Waals surface area contributed by atoms with E-state index in [9.17, 15) is 4.79 Å². The summed E-state index contributed by atoms with van der Waals surface area (Å²) in [5.74, 6) is 0.0654. The highest BCUT2D eigenvalue weighted by molar-refractivity contribution is 5.85. The van der Waals surface area contributed by atoms with Gasteiger partial charge in [0.25, 0.3) is 0 Å². The van der Waals surface area contributed by atoms with Gasteiger partial charge in [-0.25, -0.2) is 0 Å². The molecule has 0 bridgehead atoms. The monoisotopic (exact) mass is 329 g/mol. The Morgan fingerprint density at radius 3 is 2.50 bits per heavy atom. The van der Waals surface area contributed by atoms with Crippen LogP contribution in [0.5, 0.6) is 0 Å². The highest BCUT2D eigenvalue weighted by Crippen LogP contribution is 2.08. The Labute approximate surface area is 135 Å². The van der Waals surface area contributed by atoms with E-state index >= 15 is 0 Å². The summed E-state index contributed by atoms with van der Waals surface area (Å²) in [5, 5.41) is 6.06. The second-order valence-electron chi connectivity index (χ2n) is 5.00. The van der Waals surface area contributed by atoms with E-state index < -0.39 is 0 Å². The molecule has 1 aliphatic heterocycles. The highest BCUT2D eigenvalue weighted by atomic mass is 35.5. The lowest BCUT2D eigenvalue weighted by molar-refractivity contribution is -0.121. The van der Waals surface area contributed by atoms with Crippen molar-refractivity contribution in [2.75, 3.05) is 46.4 Å². The summed E-state index contributed by atoms with van der Waals surface area (Å²) in [6.07, 6.45) is 3.93. The predicted molar refractivity (Wildman–Crippen MR) is 87.1 cm³/mol. The number of nitrogens with zero attached hydrogens (tertiary/aromatic N) is 1. The summed E-state index contributed by atoms with van der Waals surface area (Å²) < 4.78 is 4.90. The van der Waals surface area contributed by atoms with E-state index in [0.717, 1.165) is 6.54 Å². The molecule has 5 nitrogen and oxygen atoms in total. The van der Waals surface area contributed by atoms with Gasteiger partial charge in [0.1, 0.15) is 0 Å². The second kappa shape index (κ2) is 13.9. The minimum Gasteiger partial charge on any atom is -0.383 e. The smallest absolute Gasteiger partial charge is 0.234 e. The first-order valence-electron chi connectivity index (χ1n) is 6.93. The van der Waals surface area contributed by atoms with E-state index in [2.05, 4.69) is 22.5 Å². The molecule has 1 saturated heterocycles. The molecule has 7 heteroatoms. The van der Waals surface area contributed by atoms with Gasteiger partial charge in [0.05, 0.1) is 13.2 Å². The quantitative estimate of drug-likeness (QED) is 0.654. The maximum absolute atomic E-state index is 11.6. The predicted octanol–water partition coefficient (Wildman–Crippen LogP) is 1.06. The summed E-state index contributed by atoms with van der Waals surface area (Å²) in [6.45, 7) is 7.10. The Hall–Kier alpha value is -0.0700. The first-order chi connectivity index (χ1) is 8.72. The van der Waals surface area contributed by atoms with Gasteiger partial charge in [0, 0.05) is 26.2 Å². The molecule has 122 valence electrons. The molecule has 0 aromatic rings. The van der Waals surface area contributed by atoms with Crippen molar-refractivity contribution in [3.05, 3.63) is 0 Å². The lowest BCUT2D eigenvalue weighted by Gasteiger charge is -2.29. The fourth-order valence-electron chi connectivity index (χ4n) is 2.28. The van der Waals surface area contributed by atoms with Crippen molar-refractivity contribution in [3.8, 4) is 0 Å². The van der Waals surface area contributed by atoms with Crippen LogP contribution in [-0.2, 0) is 9.53 Å². The molecule has 1 aliphatic rings. The Morgan fingerprint density at radius 1 is 1.25 bits per heavy atom. The van der Waals surface area contributed by atoms with Crippen molar-refractivity contribution in [1.29, 1.82) is 0 Å². The maximum atomic E-state index is 11.6. The zero-order valence-electron chi connectivity index (χ0n) is 12.5. The summed E-state index contributed by atoms with van der Waals surface area (Å²) >= 11 is 0. The van der Waals surface area contributed by atoms with Crippen LogP contribution in [0.15, 0.2) is 0 Å². The van der Waals surface area contributed by atoms with Crippen LogP contribution in [-0.4, -0.2) is 63.3 Å². The zero-order chi connectivity index (χ0) is 13.2. The molecule has 0 radical (unpaired) electrons. The van der Waals surface area contributed by atoms with Crippen molar-refractivity contribution >= 4 is 30.7 Å². The third-order valence-corrected chi connectivity index (χ3v) is 3.16. The fraction of sp³-hybridized carbons (Fsp3) is 0.923. The fourth-order valence-corrected chi connectivity index (χ4v) is 2.28. The lowest BCUT2D eigenvalue weighted by Crippen LogP contribution is -2.46. The lowest BCUT2D eigenvalue weighted by atomic mass is 10.1. The van der Waals surface area contributed by atoms with Crippen LogP contribution in [0.25, 0.3) is 0 Å². The molecule has 0 spiro atoms. The van der Waals surface area contributed by atoms with Gasteiger partial charge >= 0.3 is 0 Å². The number of ether oxygens (including phenoxy) is 1. The van der Waals surface area contributed by atoms with Crippen molar-refractivity contribution in [2.24, 2.45) is 0 Å². The molecule has 20 heavy (non-hydrogen) atoms. The van der Waals surface area contributed by atoms with Crippen LogP contribution < -0.4 is 10.6 Å². The van der Waals surface area contributed by atoms with Crippen LogP contribution in [0, 0.1) is 0 Å². The van der Waals surface area contributed by atoms with Gasteiger partial charge < -0.3 is 20.3 Å². The van der Waals surface area contributed by atoms with Crippen molar-refractivity contribution < 1.29 is 9.53 Å². The summed E-state index contributed by atoms with van der Waals surface area (Å²) in [5.41, 5.74) is 0. The first kappa shape index (κ1) is 22.2. The molecule has 0 aromatic carbocycles. The minimum absolute atomic E-state index is 0. The van der Waals surface area contributed by atoms with E-state index in [1.54, 1.807) is 7.11 Å². The van der Waals surface area contributed by atoms with E-state index in [-0.39, 0.29) is 36.8 Å². The second-order valence-corrected chi connectivity index (χ2v) is 5.00. The van der Waals surface area contributed by atoms with Crippen molar-refractivity contribution in [2.45, 2.75) is 32.2 Å². The highest BCUT2D eigenvalue weighted by Gasteiger charge is 2.14. The number of hydrogen-bond donors (Lipinski definition) is 2. The van der Waals surface area contributed by atoms with Gasteiger partial charge in [0.15, 0.2) is 0 Å². The molecular formula is C13H29Cl2N3O2. The average molecular weight is 330 g/mol. The number of amides is 1. The Morgan fingerprint density at radius 2 is 1.90 bits per heavy atom. The molecule has 1 rings (SSSR count). The molecule has 1 amide bonds. The number of carbonyl (C=O) groups excluding carboxylic acids is 1. The van der Waals surface area contributed by atoms with E-state index in [4.69, 9.17) is 4.74 Å². The third kappa shape index (κ3) is 10.7. The van der Waals surface area contributed by atoms with Gasteiger partial charge in [-0.15, -0.1) is 24.8 Å². The first-order valence-corrected chi connectivity index (χ1v) is 6.93. The third-order valence-electron chi connectivity index (χ3n) is 3.16. The van der Waals surface area contributed by atoms with Gasteiger partial charge in [-0.1, -0.05) is 6.42 Å². The van der Waals surface area contributed by atoms with Crippen LogP contribution >= 0.6 is 24.8 Å². The zero-order valence-corrected chi connectivity index (χ0v) is 14.2. The van der Waals surface area contributed by atoms with E-state index in [0.29, 0.717) is 19.7 Å². The number of nitrogens with one attached hydrogen (secondary N) is 2. The molecule has 1 heterocycles. The molecule has 0 saturated carbocycles. The van der Waals surface area contributed by atoms with Crippen LogP contribution in [0.1, 0.15) is 26.2 Å². The number of carbonyl (C=O) groups is 1. The molecular weight excluding hydrogens is 301 g/mol. The minimum atomic E-state index is 0. The van der Waals surface area contributed by atoms with Gasteiger partial charge in [0.2, 0.25) is 5.91 Å². The maximum Gasteiger partial charge on any atom is 0.234 e. The molecule has 1 atom stereocenters. The summed E-state index contributed by atoms with van der Waals surface area (Å²) in [4.78, 5) is 14.1. The standard InChI is InChI=1S/C13H27N3O2.2ClH/c1-12(11-16-7-4-3-5-8-16)15-13(17)10-14-6-9-18-2;;/h12,14H,3-11H2,1-2H3,(H,15,17);2*1H. The van der Waals surface area contributed by atoms with Crippen molar-refractivity contribution in [1.82, 2.24) is 15.5 Å². The average Bonchev–Trinajstić information content (AvgIpc) is 2.35.